The predicted molar refractivity (Wildman–Crippen MR) is 95.3 cm³/mol. The number of hydrogen-bond acceptors (Lipinski definition) is 3. The first-order valence-corrected chi connectivity index (χ1v) is 8.66. The Bertz CT molecular complexity index is 818. The molecule has 134 valence electrons. The number of fused-ring (bicyclic) bond motifs is 1. The summed E-state index contributed by atoms with van der Waals surface area (Å²) in [6, 6.07) is 5.18. The smallest absolute Gasteiger partial charge is 0.325 e. The molecule has 0 unspecified atom stereocenters. The van der Waals surface area contributed by atoms with Gasteiger partial charge in [0.25, 0.3) is 5.91 Å². The van der Waals surface area contributed by atoms with Crippen molar-refractivity contribution in [3.63, 3.8) is 0 Å². The Morgan fingerprint density at radius 1 is 1.32 bits per heavy atom. The van der Waals surface area contributed by atoms with Crippen LogP contribution >= 0.6 is 0 Å². The van der Waals surface area contributed by atoms with Crippen LogP contribution in [0.1, 0.15) is 54.7 Å². The van der Waals surface area contributed by atoms with Crippen LogP contribution in [0.25, 0.3) is 10.9 Å². The van der Waals surface area contributed by atoms with Gasteiger partial charge in [0, 0.05) is 22.6 Å². The average Bonchev–Trinajstić information content (AvgIpc) is 3.18. The first kappa shape index (κ1) is 17.3. The third-order valence-corrected chi connectivity index (χ3v) is 5.09. The Hall–Kier alpha value is -2.50. The molecule has 1 aliphatic carbocycles. The average molecular weight is 344 g/mol. The van der Waals surface area contributed by atoms with Crippen LogP contribution in [0.4, 0.5) is 0 Å². The van der Waals surface area contributed by atoms with E-state index in [1.807, 2.05) is 25.1 Å². The normalized spacial score (nSPS) is 16.1. The van der Waals surface area contributed by atoms with Crippen molar-refractivity contribution < 1.29 is 19.4 Å². The topological polar surface area (TPSA) is 80.6 Å². The molecule has 1 saturated carbocycles. The summed E-state index contributed by atoms with van der Waals surface area (Å²) in [5.41, 5.74) is 2.41. The van der Waals surface area contributed by atoms with E-state index < -0.39 is 12.0 Å². The van der Waals surface area contributed by atoms with Crippen molar-refractivity contribution in [1.29, 1.82) is 0 Å². The van der Waals surface area contributed by atoms with Gasteiger partial charge in [-0.1, -0.05) is 12.8 Å². The van der Waals surface area contributed by atoms with Crippen LogP contribution in [0.3, 0.4) is 0 Å². The highest BCUT2D eigenvalue weighted by Gasteiger charge is 2.27. The number of carboxylic acid groups (broad SMARTS) is 1. The third-order valence-electron chi connectivity index (χ3n) is 5.09. The third kappa shape index (κ3) is 3.08. The number of hydrogen-bond donors (Lipinski definition) is 2. The number of carbonyl (C=O) groups is 2. The van der Waals surface area contributed by atoms with Gasteiger partial charge in [0.15, 0.2) is 0 Å². The van der Waals surface area contributed by atoms with Crippen molar-refractivity contribution in [2.75, 3.05) is 7.11 Å². The number of methoxy groups -OCH3 is 1. The van der Waals surface area contributed by atoms with Gasteiger partial charge < -0.3 is 19.7 Å². The van der Waals surface area contributed by atoms with Crippen molar-refractivity contribution in [3.05, 3.63) is 29.5 Å². The maximum atomic E-state index is 12.8. The highest BCUT2D eigenvalue weighted by atomic mass is 16.5. The number of carboxylic acids is 1. The number of benzene rings is 1. The lowest BCUT2D eigenvalue weighted by molar-refractivity contribution is -0.138. The van der Waals surface area contributed by atoms with Crippen LogP contribution in [0.5, 0.6) is 5.75 Å². The maximum absolute atomic E-state index is 12.8. The summed E-state index contributed by atoms with van der Waals surface area (Å²) in [6.45, 7) is 3.40. The summed E-state index contributed by atoms with van der Waals surface area (Å²) in [5, 5.41) is 12.5. The lowest BCUT2D eigenvalue weighted by Gasteiger charge is -2.16. The molecule has 6 nitrogen and oxygen atoms in total. The highest BCUT2D eigenvalue weighted by molar-refractivity contribution is 6.09. The first-order valence-electron chi connectivity index (χ1n) is 8.66. The van der Waals surface area contributed by atoms with E-state index in [4.69, 9.17) is 9.84 Å². The number of carbonyl (C=O) groups excluding carboxylic acids is 1. The predicted octanol–water partition coefficient (Wildman–Crippen LogP) is 3.28. The van der Waals surface area contributed by atoms with Gasteiger partial charge in [-0.3, -0.25) is 9.59 Å². The first-order chi connectivity index (χ1) is 11.9. The van der Waals surface area contributed by atoms with Crippen LogP contribution in [0.15, 0.2) is 18.2 Å². The summed E-state index contributed by atoms with van der Waals surface area (Å²) in [4.78, 5) is 23.9. The molecule has 0 spiro atoms. The molecule has 1 fully saturated rings. The van der Waals surface area contributed by atoms with Gasteiger partial charge in [-0.2, -0.15) is 0 Å². The zero-order valence-corrected chi connectivity index (χ0v) is 14.8. The molecule has 1 aliphatic rings. The molecule has 6 heteroatoms. The van der Waals surface area contributed by atoms with Gasteiger partial charge in [0.1, 0.15) is 11.8 Å². The van der Waals surface area contributed by atoms with Crippen molar-refractivity contribution in [3.8, 4) is 5.75 Å². The Kier molecular flexibility index (Phi) is 4.70. The second-order valence-corrected chi connectivity index (χ2v) is 6.69. The van der Waals surface area contributed by atoms with Crippen molar-refractivity contribution in [1.82, 2.24) is 9.88 Å². The maximum Gasteiger partial charge on any atom is 0.325 e. The molecule has 2 N–H and O–H groups in total. The van der Waals surface area contributed by atoms with E-state index in [1.165, 1.54) is 19.8 Å². The Morgan fingerprint density at radius 3 is 2.60 bits per heavy atom. The number of amides is 1. The largest absolute Gasteiger partial charge is 0.497 e. The lowest BCUT2D eigenvalue weighted by atomic mass is 10.1. The number of aromatic nitrogens is 1. The van der Waals surface area contributed by atoms with Gasteiger partial charge in [-0.05, 0) is 44.9 Å². The summed E-state index contributed by atoms with van der Waals surface area (Å²) < 4.78 is 7.55. The number of rotatable bonds is 5. The molecular formula is C19H24N2O4. The molecule has 1 aromatic carbocycles. The van der Waals surface area contributed by atoms with Crippen molar-refractivity contribution >= 4 is 22.8 Å². The fourth-order valence-electron chi connectivity index (χ4n) is 3.80. The minimum atomic E-state index is -1.05. The van der Waals surface area contributed by atoms with Gasteiger partial charge in [0.2, 0.25) is 0 Å². The number of ether oxygens (including phenoxy) is 1. The number of nitrogens with one attached hydrogen (secondary N) is 1. The molecule has 0 bridgehead atoms. The van der Waals surface area contributed by atoms with Gasteiger partial charge in [-0.25, -0.2) is 0 Å². The second-order valence-electron chi connectivity index (χ2n) is 6.69. The zero-order chi connectivity index (χ0) is 18.1. The van der Waals surface area contributed by atoms with Crippen LogP contribution in [0, 0.1) is 6.92 Å². The van der Waals surface area contributed by atoms with E-state index in [0.29, 0.717) is 17.4 Å². The van der Waals surface area contributed by atoms with Crippen molar-refractivity contribution in [2.24, 2.45) is 0 Å². The van der Waals surface area contributed by atoms with E-state index in [2.05, 4.69) is 9.88 Å². The molecular weight excluding hydrogens is 320 g/mol. The van der Waals surface area contributed by atoms with Gasteiger partial charge in [0.05, 0.1) is 12.7 Å². The van der Waals surface area contributed by atoms with E-state index in [-0.39, 0.29) is 5.91 Å². The van der Waals surface area contributed by atoms with Crippen LogP contribution in [-0.2, 0) is 4.79 Å². The van der Waals surface area contributed by atoms with E-state index in [1.54, 1.807) is 7.11 Å². The zero-order valence-electron chi connectivity index (χ0n) is 14.8. The van der Waals surface area contributed by atoms with Gasteiger partial charge >= 0.3 is 5.97 Å². The summed E-state index contributed by atoms with van der Waals surface area (Å²) in [5.74, 6) is -0.734. The SMILES string of the molecule is COc1ccc2c(c1)c(C(=O)N[C@H](C)C(=O)O)c(C)n2C1CCCC1. The van der Waals surface area contributed by atoms with Crippen LogP contribution in [-0.4, -0.2) is 34.7 Å². The van der Waals surface area contributed by atoms with Crippen molar-refractivity contribution in [2.45, 2.75) is 51.6 Å². The fourth-order valence-corrected chi connectivity index (χ4v) is 3.80. The Labute approximate surface area is 146 Å². The lowest BCUT2D eigenvalue weighted by Crippen LogP contribution is -2.38. The summed E-state index contributed by atoms with van der Waals surface area (Å²) >= 11 is 0. The Morgan fingerprint density at radius 2 is 2.00 bits per heavy atom. The van der Waals surface area contributed by atoms with Gasteiger partial charge in [-0.15, -0.1) is 0 Å². The molecule has 0 radical (unpaired) electrons. The molecule has 25 heavy (non-hydrogen) atoms. The quantitative estimate of drug-likeness (QED) is 0.872. The second kappa shape index (κ2) is 6.78. The Balaban J connectivity index is 2.13. The molecule has 0 saturated heterocycles. The van der Waals surface area contributed by atoms with Crippen LogP contribution < -0.4 is 10.1 Å². The van der Waals surface area contributed by atoms with Crippen LogP contribution in [0.2, 0.25) is 0 Å². The monoisotopic (exact) mass is 344 g/mol. The molecule has 0 aliphatic heterocycles. The molecule has 1 amide bonds. The minimum Gasteiger partial charge on any atom is -0.497 e. The standard InChI is InChI=1S/C19H24N2O4/c1-11(19(23)24)20-18(22)17-12(2)21(13-6-4-5-7-13)16-9-8-14(25-3)10-15(16)17/h8-11,13H,4-7H2,1-3H3,(H,20,22)(H,23,24)/t11-/m1/s1. The molecule has 2 aromatic rings. The molecule has 1 heterocycles. The summed E-state index contributed by atoms with van der Waals surface area (Å²) in [7, 11) is 1.59. The molecule has 1 aromatic heterocycles. The summed E-state index contributed by atoms with van der Waals surface area (Å²) in [6.07, 6.45) is 4.58. The number of aliphatic carboxylic acids is 1. The number of nitrogens with zero attached hydrogens (tertiary/aromatic N) is 1. The molecule has 1 atom stereocenters. The van der Waals surface area contributed by atoms with E-state index in [0.717, 1.165) is 29.4 Å². The molecule has 3 rings (SSSR count). The highest BCUT2D eigenvalue weighted by Crippen LogP contribution is 2.38. The minimum absolute atomic E-state index is 0.359. The van der Waals surface area contributed by atoms with E-state index in [9.17, 15) is 9.59 Å². The fraction of sp³-hybridized carbons (Fsp3) is 0.474. The van der Waals surface area contributed by atoms with E-state index >= 15 is 0 Å².